The average Bonchev–Trinajstić information content (AvgIpc) is 2.31. The van der Waals surface area contributed by atoms with Crippen molar-refractivity contribution in [3.8, 4) is 0 Å². The highest BCUT2D eigenvalue weighted by atomic mass is 19.4. The predicted octanol–water partition coefficient (Wildman–Crippen LogP) is 1.84. The van der Waals surface area contributed by atoms with Crippen LogP contribution < -0.4 is 0 Å². The van der Waals surface area contributed by atoms with E-state index in [9.17, 15) is 18.0 Å². The first kappa shape index (κ1) is 13.9. The van der Waals surface area contributed by atoms with Crippen molar-refractivity contribution in [2.24, 2.45) is 0 Å². The Morgan fingerprint density at radius 1 is 1.26 bits per heavy atom. The molecule has 19 heavy (non-hydrogen) atoms. The molecule has 1 aromatic rings. The Bertz CT molecular complexity index is 450. The molecule has 0 bridgehead atoms. The third-order valence-corrected chi connectivity index (χ3v) is 3.12. The zero-order valence-corrected chi connectivity index (χ0v) is 10.2. The predicted molar refractivity (Wildman–Crippen MR) is 62.4 cm³/mol. The number of alkyl halides is 3. The lowest BCUT2D eigenvalue weighted by Gasteiger charge is -2.35. The van der Waals surface area contributed by atoms with Gasteiger partial charge in [-0.15, -0.1) is 0 Å². The maximum atomic E-state index is 12.3. The van der Waals surface area contributed by atoms with Gasteiger partial charge in [-0.2, -0.15) is 13.2 Å². The molecule has 0 aromatic heterocycles. The van der Waals surface area contributed by atoms with E-state index in [1.54, 1.807) is 0 Å². The number of carbonyl (C=O) groups is 1. The van der Waals surface area contributed by atoms with E-state index < -0.39 is 17.8 Å². The summed E-state index contributed by atoms with van der Waals surface area (Å²) in [4.78, 5) is 13.1. The fourth-order valence-electron chi connectivity index (χ4n) is 1.93. The van der Waals surface area contributed by atoms with Crippen LogP contribution >= 0.6 is 0 Å². The number of β-amino-alcohol motifs (C(OH)–C–C–N with tert-alkyl or cyclic N) is 1. The van der Waals surface area contributed by atoms with Crippen LogP contribution in [-0.2, 0) is 17.4 Å². The van der Waals surface area contributed by atoms with Crippen molar-refractivity contribution in [3.05, 3.63) is 35.4 Å². The van der Waals surface area contributed by atoms with Gasteiger partial charge in [-0.3, -0.25) is 4.79 Å². The van der Waals surface area contributed by atoms with Crippen molar-refractivity contribution in [2.75, 3.05) is 13.1 Å². The Kier molecular flexibility index (Phi) is 3.80. The largest absolute Gasteiger partial charge is 0.416 e. The summed E-state index contributed by atoms with van der Waals surface area (Å²) in [6.45, 7) is 0.706. The van der Waals surface area contributed by atoms with Gasteiger partial charge in [0.15, 0.2) is 0 Å². The van der Waals surface area contributed by atoms with Crippen molar-refractivity contribution < 1.29 is 23.1 Å². The van der Waals surface area contributed by atoms with Crippen LogP contribution in [0.3, 0.4) is 0 Å². The van der Waals surface area contributed by atoms with Gasteiger partial charge in [0.1, 0.15) is 0 Å². The van der Waals surface area contributed by atoms with Crippen LogP contribution in [0.15, 0.2) is 24.3 Å². The van der Waals surface area contributed by atoms with Crippen molar-refractivity contribution in [1.29, 1.82) is 0 Å². The topological polar surface area (TPSA) is 40.5 Å². The summed E-state index contributed by atoms with van der Waals surface area (Å²) in [6.07, 6.45) is -4.11. The van der Waals surface area contributed by atoms with E-state index in [0.29, 0.717) is 25.1 Å². The smallest absolute Gasteiger partial charge is 0.389 e. The summed E-state index contributed by atoms with van der Waals surface area (Å²) in [7, 11) is 0. The van der Waals surface area contributed by atoms with E-state index >= 15 is 0 Å². The number of rotatable bonds is 3. The number of hydrogen-bond donors (Lipinski definition) is 1. The standard InChI is InChI=1S/C13H14F3NO2/c14-13(15,16)10-4-1-9(2-5-10)3-6-12(19)17-7-11(18)8-17/h1-2,4-5,11,18H,3,6-8H2. The third kappa shape index (κ3) is 3.47. The van der Waals surface area contributed by atoms with E-state index in [1.165, 1.54) is 17.0 Å². The minimum Gasteiger partial charge on any atom is -0.389 e. The molecule has 0 spiro atoms. The summed E-state index contributed by atoms with van der Waals surface area (Å²) >= 11 is 0. The quantitative estimate of drug-likeness (QED) is 0.913. The molecule has 2 rings (SSSR count). The van der Waals surface area contributed by atoms with Gasteiger partial charge in [0.05, 0.1) is 11.7 Å². The molecule has 1 aliphatic rings. The second kappa shape index (κ2) is 5.21. The molecule has 1 amide bonds. The highest BCUT2D eigenvalue weighted by molar-refractivity contribution is 5.77. The van der Waals surface area contributed by atoms with Crippen molar-refractivity contribution >= 4 is 5.91 Å². The maximum absolute atomic E-state index is 12.3. The Labute approximate surface area is 108 Å². The Morgan fingerprint density at radius 3 is 2.32 bits per heavy atom. The number of hydrogen-bond acceptors (Lipinski definition) is 2. The minimum absolute atomic E-state index is 0.0785. The number of benzene rings is 1. The molecule has 6 heteroatoms. The molecule has 104 valence electrons. The van der Waals surface area contributed by atoms with Crippen LogP contribution in [0.4, 0.5) is 13.2 Å². The number of halogens is 3. The number of nitrogens with zero attached hydrogens (tertiary/aromatic N) is 1. The summed E-state index contributed by atoms with van der Waals surface area (Å²) in [5, 5.41) is 9.06. The van der Waals surface area contributed by atoms with Crippen LogP contribution in [0, 0.1) is 0 Å². The number of aliphatic hydroxyl groups is 1. The molecule has 1 N–H and O–H groups in total. The fourth-order valence-corrected chi connectivity index (χ4v) is 1.93. The zero-order valence-electron chi connectivity index (χ0n) is 10.2. The van der Waals surface area contributed by atoms with E-state index in [1.807, 2.05) is 0 Å². The van der Waals surface area contributed by atoms with E-state index in [2.05, 4.69) is 0 Å². The van der Waals surface area contributed by atoms with Crippen LogP contribution in [-0.4, -0.2) is 35.1 Å². The van der Waals surface area contributed by atoms with Gasteiger partial charge in [0.2, 0.25) is 5.91 Å². The Hall–Kier alpha value is -1.56. The van der Waals surface area contributed by atoms with Gasteiger partial charge in [-0.1, -0.05) is 12.1 Å². The van der Waals surface area contributed by atoms with Crippen molar-refractivity contribution in [2.45, 2.75) is 25.1 Å². The molecule has 1 aliphatic heterocycles. The lowest BCUT2D eigenvalue weighted by Crippen LogP contribution is -2.53. The van der Waals surface area contributed by atoms with Gasteiger partial charge >= 0.3 is 6.18 Å². The average molecular weight is 273 g/mol. The molecule has 0 radical (unpaired) electrons. The molecule has 0 saturated carbocycles. The number of amides is 1. The lowest BCUT2D eigenvalue weighted by atomic mass is 10.1. The molecule has 0 unspecified atom stereocenters. The van der Waals surface area contributed by atoms with Gasteiger partial charge in [0, 0.05) is 19.5 Å². The number of carbonyl (C=O) groups excluding carboxylic acids is 1. The molecule has 1 heterocycles. The lowest BCUT2D eigenvalue weighted by molar-refractivity contribution is -0.141. The first-order chi connectivity index (χ1) is 8.86. The third-order valence-electron chi connectivity index (χ3n) is 3.12. The molecule has 3 nitrogen and oxygen atoms in total. The second-order valence-corrected chi connectivity index (χ2v) is 4.65. The first-order valence-electron chi connectivity index (χ1n) is 5.98. The molecule has 0 atom stereocenters. The summed E-state index contributed by atoms with van der Waals surface area (Å²) in [5.74, 6) is -0.0785. The van der Waals surface area contributed by atoms with Crippen molar-refractivity contribution in [3.63, 3.8) is 0 Å². The molecular weight excluding hydrogens is 259 g/mol. The van der Waals surface area contributed by atoms with Gasteiger partial charge in [0.25, 0.3) is 0 Å². The van der Waals surface area contributed by atoms with E-state index in [4.69, 9.17) is 5.11 Å². The molecule has 1 fully saturated rings. The normalized spacial score (nSPS) is 16.3. The number of aliphatic hydroxyl groups excluding tert-OH is 1. The van der Waals surface area contributed by atoms with Gasteiger partial charge < -0.3 is 10.0 Å². The van der Waals surface area contributed by atoms with Crippen LogP contribution in [0.25, 0.3) is 0 Å². The highest BCUT2D eigenvalue weighted by Gasteiger charge is 2.30. The monoisotopic (exact) mass is 273 g/mol. The molecular formula is C13H14F3NO2. The van der Waals surface area contributed by atoms with Gasteiger partial charge in [-0.25, -0.2) is 0 Å². The van der Waals surface area contributed by atoms with Crippen LogP contribution in [0.1, 0.15) is 17.5 Å². The molecule has 1 saturated heterocycles. The molecule has 0 aliphatic carbocycles. The molecule has 1 aromatic carbocycles. The van der Waals surface area contributed by atoms with Crippen LogP contribution in [0.2, 0.25) is 0 Å². The first-order valence-corrected chi connectivity index (χ1v) is 5.98. The summed E-state index contributed by atoms with van der Waals surface area (Å²) in [6, 6.07) is 4.82. The number of aryl methyl sites for hydroxylation is 1. The zero-order chi connectivity index (χ0) is 14.0. The SMILES string of the molecule is O=C(CCc1ccc(C(F)(F)F)cc1)N1CC(O)C1. The highest BCUT2D eigenvalue weighted by Crippen LogP contribution is 2.29. The maximum Gasteiger partial charge on any atom is 0.416 e. The Balaban J connectivity index is 1.85. The van der Waals surface area contributed by atoms with E-state index in [0.717, 1.165) is 12.1 Å². The minimum atomic E-state index is -4.33. The van der Waals surface area contributed by atoms with Gasteiger partial charge in [-0.05, 0) is 24.1 Å². The van der Waals surface area contributed by atoms with E-state index in [-0.39, 0.29) is 12.3 Å². The summed E-state index contributed by atoms with van der Waals surface area (Å²) < 4.78 is 37.0. The van der Waals surface area contributed by atoms with Crippen LogP contribution in [0.5, 0.6) is 0 Å². The fraction of sp³-hybridized carbons (Fsp3) is 0.462. The van der Waals surface area contributed by atoms with Crippen molar-refractivity contribution in [1.82, 2.24) is 4.90 Å². The number of likely N-dealkylation sites (tertiary alicyclic amines) is 1. The summed E-state index contributed by atoms with van der Waals surface area (Å²) in [5.41, 5.74) is 0.0101. The Morgan fingerprint density at radius 2 is 1.84 bits per heavy atom. The second-order valence-electron chi connectivity index (χ2n) is 4.65.